The SMILES string of the molecule is CC(=O)[C@@H]1[C@@H]2C(=O)N[C@@H](C)[C@]23C=C[C@]1(C)O3. The number of hydrogen-bond acceptors (Lipinski definition) is 3. The van der Waals surface area contributed by atoms with E-state index >= 15 is 0 Å². The lowest BCUT2D eigenvalue weighted by Crippen LogP contribution is -2.42. The summed E-state index contributed by atoms with van der Waals surface area (Å²) in [5.41, 5.74) is -1.19. The molecule has 3 aliphatic rings. The van der Waals surface area contributed by atoms with Crippen LogP contribution in [0.4, 0.5) is 0 Å². The highest BCUT2D eigenvalue weighted by Gasteiger charge is 2.71. The monoisotopic (exact) mass is 221 g/mol. The van der Waals surface area contributed by atoms with Gasteiger partial charge in [-0.2, -0.15) is 0 Å². The Kier molecular flexibility index (Phi) is 1.61. The summed E-state index contributed by atoms with van der Waals surface area (Å²) in [4.78, 5) is 23.7. The van der Waals surface area contributed by atoms with E-state index < -0.39 is 11.2 Å². The Morgan fingerprint density at radius 1 is 1.50 bits per heavy atom. The molecule has 3 heterocycles. The lowest BCUT2D eigenvalue weighted by Gasteiger charge is -2.26. The standard InChI is InChI=1S/C12H15NO3/c1-6(14)8-9-10(15)13-7(2)12(9)5-4-11(8,3)16-12/h4-5,7-9H,1-3H3,(H,13,15)/t7-,8+,9+,11-,12+/m0/s1. The van der Waals surface area contributed by atoms with Crippen molar-refractivity contribution in [2.75, 3.05) is 0 Å². The largest absolute Gasteiger partial charge is 0.357 e. The number of amides is 1. The van der Waals surface area contributed by atoms with Crippen molar-refractivity contribution in [3.8, 4) is 0 Å². The fraction of sp³-hybridized carbons (Fsp3) is 0.667. The van der Waals surface area contributed by atoms with Gasteiger partial charge in [-0.25, -0.2) is 0 Å². The number of ether oxygens (including phenoxy) is 1. The first-order chi connectivity index (χ1) is 7.41. The van der Waals surface area contributed by atoms with Crippen LogP contribution in [0.3, 0.4) is 0 Å². The maximum absolute atomic E-state index is 11.9. The van der Waals surface area contributed by atoms with E-state index in [1.165, 1.54) is 6.92 Å². The first kappa shape index (κ1) is 10.0. The van der Waals surface area contributed by atoms with Crippen molar-refractivity contribution in [1.82, 2.24) is 5.32 Å². The molecule has 1 spiro atoms. The summed E-state index contributed by atoms with van der Waals surface area (Å²) < 4.78 is 6.01. The minimum absolute atomic E-state index is 0.0305. The maximum atomic E-state index is 11.9. The molecule has 2 bridgehead atoms. The van der Waals surface area contributed by atoms with Crippen LogP contribution >= 0.6 is 0 Å². The Morgan fingerprint density at radius 3 is 2.81 bits per heavy atom. The lowest BCUT2D eigenvalue weighted by molar-refractivity contribution is -0.131. The van der Waals surface area contributed by atoms with E-state index in [-0.39, 0.29) is 29.6 Å². The van der Waals surface area contributed by atoms with Crippen molar-refractivity contribution in [2.45, 2.75) is 38.0 Å². The molecule has 2 fully saturated rings. The average Bonchev–Trinajstić information content (AvgIpc) is 2.72. The highest BCUT2D eigenvalue weighted by molar-refractivity contribution is 5.93. The molecule has 1 amide bonds. The van der Waals surface area contributed by atoms with E-state index in [0.29, 0.717) is 0 Å². The Hall–Kier alpha value is -1.16. The van der Waals surface area contributed by atoms with Crippen molar-refractivity contribution in [2.24, 2.45) is 11.8 Å². The first-order valence-corrected chi connectivity index (χ1v) is 5.62. The number of carbonyl (C=O) groups is 2. The molecule has 2 saturated heterocycles. The zero-order valence-electron chi connectivity index (χ0n) is 9.61. The molecule has 16 heavy (non-hydrogen) atoms. The van der Waals surface area contributed by atoms with Crippen LogP contribution in [0.5, 0.6) is 0 Å². The third kappa shape index (κ3) is 0.857. The van der Waals surface area contributed by atoms with E-state index in [4.69, 9.17) is 4.74 Å². The number of ketones is 1. The number of nitrogens with one attached hydrogen (secondary N) is 1. The van der Waals surface area contributed by atoms with Gasteiger partial charge in [-0.05, 0) is 20.8 Å². The van der Waals surface area contributed by atoms with E-state index in [1.54, 1.807) is 0 Å². The summed E-state index contributed by atoms with van der Waals surface area (Å²) in [5, 5.41) is 2.87. The normalized spacial score (nSPS) is 52.9. The number of Topliss-reactive ketones (excluding diaryl/α,β-unsaturated/α-hetero) is 1. The molecule has 0 aromatic heterocycles. The Balaban J connectivity index is 2.16. The maximum Gasteiger partial charge on any atom is 0.227 e. The van der Waals surface area contributed by atoms with Gasteiger partial charge in [0.05, 0.1) is 23.5 Å². The second-order valence-corrected chi connectivity index (χ2v) is 5.27. The Morgan fingerprint density at radius 2 is 2.19 bits per heavy atom. The minimum Gasteiger partial charge on any atom is -0.357 e. The molecule has 1 N–H and O–H groups in total. The minimum atomic E-state index is -0.595. The van der Waals surface area contributed by atoms with Gasteiger partial charge < -0.3 is 10.1 Å². The van der Waals surface area contributed by atoms with Crippen LogP contribution in [-0.4, -0.2) is 28.9 Å². The molecule has 0 aromatic rings. The van der Waals surface area contributed by atoms with Gasteiger partial charge in [0.2, 0.25) is 5.91 Å². The quantitative estimate of drug-likeness (QED) is 0.653. The van der Waals surface area contributed by atoms with Gasteiger partial charge in [-0.1, -0.05) is 12.2 Å². The molecule has 4 heteroatoms. The van der Waals surface area contributed by atoms with Crippen molar-refractivity contribution >= 4 is 11.7 Å². The van der Waals surface area contributed by atoms with E-state index in [9.17, 15) is 9.59 Å². The van der Waals surface area contributed by atoms with Crippen LogP contribution in [0.25, 0.3) is 0 Å². The predicted molar refractivity (Wildman–Crippen MR) is 56.6 cm³/mol. The van der Waals surface area contributed by atoms with Gasteiger partial charge in [-0.15, -0.1) is 0 Å². The molecule has 4 nitrogen and oxygen atoms in total. The zero-order chi connectivity index (χ0) is 11.7. The fourth-order valence-electron chi connectivity index (χ4n) is 3.58. The molecule has 3 aliphatic heterocycles. The van der Waals surface area contributed by atoms with Crippen LogP contribution < -0.4 is 5.32 Å². The second kappa shape index (κ2) is 2.56. The van der Waals surface area contributed by atoms with Crippen LogP contribution in [0, 0.1) is 11.8 Å². The van der Waals surface area contributed by atoms with Crippen molar-refractivity contribution < 1.29 is 14.3 Å². The number of rotatable bonds is 1. The Bertz CT molecular complexity index is 430. The number of fused-ring (bicyclic) bond motifs is 1. The summed E-state index contributed by atoms with van der Waals surface area (Å²) in [6.45, 7) is 5.36. The van der Waals surface area contributed by atoms with Crippen molar-refractivity contribution in [3.63, 3.8) is 0 Å². The summed E-state index contributed by atoms with van der Waals surface area (Å²) >= 11 is 0. The molecule has 86 valence electrons. The molecule has 3 rings (SSSR count). The molecule has 0 saturated carbocycles. The van der Waals surface area contributed by atoms with E-state index in [2.05, 4.69) is 5.32 Å². The average molecular weight is 221 g/mol. The van der Waals surface area contributed by atoms with Crippen molar-refractivity contribution in [1.29, 1.82) is 0 Å². The Labute approximate surface area is 94.0 Å². The van der Waals surface area contributed by atoms with Gasteiger partial charge in [-0.3, -0.25) is 9.59 Å². The summed E-state index contributed by atoms with van der Waals surface area (Å²) in [6.07, 6.45) is 3.89. The van der Waals surface area contributed by atoms with E-state index in [1.807, 2.05) is 26.0 Å². The fourth-order valence-corrected chi connectivity index (χ4v) is 3.58. The van der Waals surface area contributed by atoms with Crippen molar-refractivity contribution in [3.05, 3.63) is 12.2 Å². The van der Waals surface area contributed by atoms with Gasteiger partial charge in [0, 0.05) is 0 Å². The molecule has 0 aromatic carbocycles. The van der Waals surface area contributed by atoms with Gasteiger partial charge >= 0.3 is 0 Å². The van der Waals surface area contributed by atoms with Crippen LogP contribution in [0.15, 0.2) is 12.2 Å². The third-order valence-corrected chi connectivity index (χ3v) is 4.26. The van der Waals surface area contributed by atoms with Gasteiger partial charge in [0.25, 0.3) is 0 Å². The van der Waals surface area contributed by atoms with Gasteiger partial charge in [0.1, 0.15) is 11.4 Å². The summed E-state index contributed by atoms with van der Waals surface area (Å²) in [7, 11) is 0. The number of carbonyl (C=O) groups excluding carboxylic acids is 2. The molecule has 0 aliphatic carbocycles. The molecule has 5 atom stereocenters. The smallest absolute Gasteiger partial charge is 0.227 e. The van der Waals surface area contributed by atoms with E-state index in [0.717, 1.165) is 0 Å². The van der Waals surface area contributed by atoms with Crippen LogP contribution in [-0.2, 0) is 14.3 Å². The highest BCUT2D eigenvalue weighted by atomic mass is 16.5. The zero-order valence-corrected chi connectivity index (χ0v) is 9.61. The van der Waals surface area contributed by atoms with Crippen LogP contribution in [0.2, 0.25) is 0 Å². The molecular weight excluding hydrogens is 206 g/mol. The van der Waals surface area contributed by atoms with Crippen LogP contribution in [0.1, 0.15) is 20.8 Å². The molecule has 0 unspecified atom stereocenters. The second-order valence-electron chi connectivity index (χ2n) is 5.27. The van der Waals surface area contributed by atoms with Gasteiger partial charge in [0.15, 0.2) is 0 Å². The highest BCUT2D eigenvalue weighted by Crippen LogP contribution is 2.57. The molecular formula is C12H15NO3. The summed E-state index contributed by atoms with van der Waals surface area (Å²) in [5.74, 6) is -0.721. The molecule has 0 radical (unpaired) electrons. The topological polar surface area (TPSA) is 55.4 Å². The summed E-state index contributed by atoms with van der Waals surface area (Å²) in [6, 6.07) is -0.0626. The lowest BCUT2D eigenvalue weighted by atomic mass is 9.69. The predicted octanol–water partition coefficient (Wildman–Crippen LogP) is 0.424. The first-order valence-electron chi connectivity index (χ1n) is 5.62. The third-order valence-electron chi connectivity index (χ3n) is 4.26. The number of hydrogen-bond donors (Lipinski definition) is 1.